The predicted molar refractivity (Wildman–Crippen MR) is 59.7 cm³/mol. The summed E-state index contributed by atoms with van der Waals surface area (Å²) in [5.41, 5.74) is -1.15. The van der Waals surface area contributed by atoms with E-state index in [9.17, 15) is 9.59 Å². The quantitative estimate of drug-likeness (QED) is 0.556. The highest BCUT2D eigenvalue weighted by Crippen LogP contribution is 1.89. The predicted octanol–water partition coefficient (Wildman–Crippen LogP) is -0.313. The lowest BCUT2D eigenvalue weighted by Gasteiger charge is -2.04. The molecule has 7 nitrogen and oxygen atoms in total. The maximum absolute atomic E-state index is 11.2. The third-order valence-corrected chi connectivity index (χ3v) is 1.89. The molecule has 1 aromatic heterocycles. The lowest BCUT2D eigenvalue weighted by atomic mass is 10.4. The summed E-state index contributed by atoms with van der Waals surface area (Å²) in [6.45, 7) is 3.78. The average molecular weight is 228 g/mol. The zero-order chi connectivity index (χ0) is 11.8. The fourth-order valence-electron chi connectivity index (χ4n) is 1.06. The normalized spacial score (nSPS) is 10.3. The molecule has 0 bridgehead atoms. The number of nitrogens with zero attached hydrogens (tertiary/aromatic N) is 1. The Morgan fingerprint density at radius 2 is 2.19 bits per heavy atom. The van der Waals surface area contributed by atoms with Gasteiger partial charge in [-0.1, -0.05) is 13.3 Å². The zero-order valence-electron chi connectivity index (χ0n) is 9.21. The first-order valence-corrected chi connectivity index (χ1v) is 5.24. The Balaban J connectivity index is 2.27. The van der Waals surface area contributed by atoms with Gasteiger partial charge in [0.25, 0.3) is 5.56 Å². The lowest BCUT2D eigenvalue weighted by Crippen LogP contribution is -2.27. The van der Waals surface area contributed by atoms with E-state index in [4.69, 9.17) is 4.74 Å². The fraction of sp³-hybridized carbons (Fsp3) is 0.667. The Labute approximate surface area is 92.2 Å². The summed E-state index contributed by atoms with van der Waals surface area (Å²) in [4.78, 5) is 23.9. The molecular formula is C9H16N4O3. The SMILES string of the molecule is CCCCOCCNc1n[nH]c(=O)[nH]c1=O. The molecule has 0 aromatic carbocycles. The highest BCUT2D eigenvalue weighted by atomic mass is 16.5. The van der Waals surface area contributed by atoms with Crippen molar-refractivity contribution >= 4 is 5.82 Å². The number of anilines is 1. The second-order valence-electron chi connectivity index (χ2n) is 3.25. The number of hydrogen-bond donors (Lipinski definition) is 3. The maximum Gasteiger partial charge on any atom is 0.342 e. The molecule has 0 saturated heterocycles. The van der Waals surface area contributed by atoms with E-state index in [1.54, 1.807) is 0 Å². The number of hydrogen-bond acceptors (Lipinski definition) is 5. The minimum absolute atomic E-state index is 0.0960. The maximum atomic E-state index is 11.2. The van der Waals surface area contributed by atoms with Gasteiger partial charge in [0.05, 0.1) is 6.61 Å². The van der Waals surface area contributed by atoms with E-state index in [1.807, 2.05) is 0 Å². The molecule has 0 fully saturated rings. The monoisotopic (exact) mass is 228 g/mol. The van der Waals surface area contributed by atoms with E-state index >= 15 is 0 Å². The number of ether oxygens (including phenoxy) is 1. The van der Waals surface area contributed by atoms with Crippen molar-refractivity contribution in [3.05, 3.63) is 20.8 Å². The summed E-state index contributed by atoms with van der Waals surface area (Å²) in [6.07, 6.45) is 2.12. The third-order valence-electron chi connectivity index (χ3n) is 1.89. The summed E-state index contributed by atoms with van der Waals surface area (Å²) < 4.78 is 5.28. The Kier molecular flexibility index (Phi) is 5.27. The molecule has 0 aliphatic rings. The largest absolute Gasteiger partial charge is 0.380 e. The van der Waals surface area contributed by atoms with Crippen LogP contribution in [0, 0.1) is 0 Å². The van der Waals surface area contributed by atoms with E-state index in [2.05, 4.69) is 27.4 Å². The minimum Gasteiger partial charge on any atom is -0.380 e. The number of aromatic nitrogens is 3. The number of aromatic amines is 2. The van der Waals surface area contributed by atoms with E-state index in [0.29, 0.717) is 19.8 Å². The van der Waals surface area contributed by atoms with E-state index in [1.165, 1.54) is 0 Å². The Bertz CT molecular complexity index is 412. The van der Waals surface area contributed by atoms with Crippen molar-refractivity contribution in [1.82, 2.24) is 15.2 Å². The molecule has 16 heavy (non-hydrogen) atoms. The van der Waals surface area contributed by atoms with Crippen molar-refractivity contribution in [2.45, 2.75) is 19.8 Å². The summed E-state index contributed by atoms with van der Waals surface area (Å²) in [5, 5.41) is 8.47. The standard InChI is InChI=1S/C9H16N4O3/c1-2-3-5-16-6-4-10-7-8(14)11-9(15)13-12-7/h2-6H2,1H3,(H,10,12)(H2,11,13,14,15). The summed E-state index contributed by atoms with van der Waals surface area (Å²) in [6, 6.07) is 0. The molecule has 3 N–H and O–H groups in total. The molecule has 0 saturated carbocycles. The van der Waals surface area contributed by atoms with Crippen molar-refractivity contribution in [2.75, 3.05) is 25.1 Å². The fourth-order valence-corrected chi connectivity index (χ4v) is 1.06. The number of rotatable bonds is 7. The van der Waals surface area contributed by atoms with Crippen LogP contribution in [0.15, 0.2) is 9.59 Å². The van der Waals surface area contributed by atoms with Crippen LogP contribution in [0.1, 0.15) is 19.8 Å². The van der Waals surface area contributed by atoms with Crippen LogP contribution in [-0.2, 0) is 4.74 Å². The van der Waals surface area contributed by atoms with Gasteiger partial charge in [0, 0.05) is 13.2 Å². The molecule has 1 aromatic rings. The van der Waals surface area contributed by atoms with Crippen molar-refractivity contribution in [3.63, 3.8) is 0 Å². The molecule has 0 radical (unpaired) electrons. The van der Waals surface area contributed by atoms with Crippen LogP contribution in [0.4, 0.5) is 5.82 Å². The van der Waals surface area contributed by atoms with Crippen LogP contribution in [0.25, 0.3) is 0 Å². The molecule has 0 aliphatic carbocycles. The first-order valence-electron chi connectivity index (χ1n) is 5.24. The third kappa shape index (κ3) is 4.26. The molecule has 0 aliphatic heterocycles. The van der Waals surface area contributed by atoms with E-state index in [0.717, 1.165) is 12.8 Å². The number of unbranched alkanes of at least 4 members (excludes halogenated alkanes) is 1. The van der Waals surface area contributed by atoms with Crippen molar-refractivity contribution in [3.8, 4) is 0 Å². The van der Waals surface area contributed by atoms with Crippen LogP contribution in [-0.4, -0.2) is 34.9 Å². The van der Waals surface area contributed by atoms with Gasteiger partial charge < -0.3 is 10.1 Å². The van der Waals surface area contributed by atoms with Gasteiger partial charge in [0.2, 0.25) is 5.82 Å². The topological polar surface area (TPSA) is 99.9 Å². The summed E-state index contributed by atoms with van der Waals surface area (Å²) >= 11 is 0. The molecule has 90 valence electrons. The van der Waals surface area contributed by atoms with Crippen LogP contribution in [0.3, 0.4) is 0 Å². The molecular weight excluding hydrogens is 212 g/mol. The van der Waals surface area contributed by atoms with Crippen LogP contribution in [0.5, 0.6) is 0 Å². The first kappa shape index (κ1) is 12.4. The molecule has 0 spiro atoms. The first-order chi connectivity index (χ1) is 7.74. The van der Waals surface area contributed by atoms with Crippen LogP contribution >= 0.6 is 0 Å². The Hall–Kier alpha value is -1.63. The van der Waals surface area contributed by atoms with Crippen LogP contribution in [0.2, 0.25) is 0 Å². The van der Waals surface area contributed by atoms with Gasteiger partial charge in [0.1, 0.15) is 0 Å². The average Bonchev–Trinajstić information content (AvgIpc) is 2.26. The Morgan fingerprint density at radius 1 is 1.38 bits per heavy atom. The molecule has 1 heterocycles. The lowest BCUT2D eigenvalue weighted by molar-refractivity contribution is 0.141. The molecule has 0 atom stereocenters. The number of H-pyrrole nitrogens is 2. The number of nitrogens with one attached hydrogen (secondary N) is 3. The second-order valence-corrected chi connectivity index (χ2v) is 3.25. The molecule has 0 amide bonds. The van der Waals surface area contributed by atoms with Crippen molar-refractivity contribution < 1.29 is 4.74 Å². The van der Waals surface area contributed by atoms with Crippen LogP contribution < -0.4 is 16.6 Å². The molecule has 7 heteroatoms. The Morgan fingerprint density at radius 3 is 2.88 bits per heavy atom. The van der Waals surface area contributed by atoms with Gasteiger partial charge >= 0.3 is 5.69 Å². The van der Waals surface area contributed by atoms with Gasteiger partial charge in [-0.2, -0.15) is 0 Å². The van der Waals surface area contributed by atoms with E-state index < -0.39 is 11.2 Å². The molecule has 1 rings (SSSR count). The van der Waals surface area contributed by atoms with E-state index in [-0.39, 0.29) is 5.82 Å². The van der Waals surface area contributed by atoms with Gasteiger partial charge in [-0.3, -0.25) is 9.78 Å². The zero-order valence-corrected chi connectivity index (χ0v) is 9.21. The smallest absolute Gasteiger partial charge is 0.342 e. The second kappa shape index (κ2) is 6.78. The molecule has 0 unspecified atom stereocenters. The van der Waals surface area contributed by atoms with Crippen molar-refractivity contribution in [2.24, 2.45) is 0 Å². The highest BCUT2D eigenvalue weighted by Gasteiger charge is 1.99. The minimum atomic E-state index is -0.616. The van der Waals surface area contributed by atoms with Gasteiger partial charge in [-0.15, -0.1) is 5.10 Å². The summed E-state index contributed by atoms with van der Waals surface area (Å²) in [5.74, 6) is 0.0960. The van der Waals surface area contributed by atoms with Gasteiger partial charge in [-0.25, -0.2) is 9.89 Å². The van der Waals surface area contributed by atoms with Crippen molar-refractivity contribution in [1.29, 1.82) is 0 Å². The van der Waals surface area contributed by atoms with Gasteiger partial charge in [-0.05, 0) is 6.42 Å². The summed E-state index contributed by atoms with van der Waals surface area (Å²) in [7, 11) is 0. The highest BCUT2D eigenvalue weighted by molar-refractivity contribution is 5.28. The van der Waals surface area contributed by atoms with Gasteiger partial charge in [0.15, 0.2) is 0 Å².